The van der Waals surface area contributed by atoms with Crippen LogP contribution in [0.2, 0.25) is 10.0 Å². The number of carbonyl (C=O) groups is 1. The zero-order chi connectivity index (χ0) is 17.3. The van der Waals surface area contributed by atoms with Gasteiger partial charge < -0.3 is 5.32 Å². The van der Waals surface area contributed by atoms with Crippen LogP contribution in [-0.2, 0) is 13.6 Å². The van der Waals surface area contributed by atoms with Crippen molar-refractivity contribution >= 4 is 34.9 Å². The number of nitrogens with zero attached hydrogens (tertiary/aromatic N) is 4. The smallest absolute Gasteiger partial charge is 0.260 e. The Kier molecular flexibility index (Phi) is 4.59. The average Bonchev–Trinajstić information content (AvgIpc) is 3.10. The quantitative estimate of drug-likeness (QED) is 0.770. The van der Waals surface area contributed by atoms with Crippen molar-refractivity contribution in [1.29, 1.82) is 0 Å². The molecule has 0 spiro atoms. The predicted octanol–water partition coefficient (Wildman–Crippen LogP) is 3.53. The number of anilines is 1. The predicted molar refractivity (Wildman–Crippen MR) is 93.7 cm³/mol. The number of nitrogens with one attached hydrogen (secondary N) is 1. The molecule has 0 bridgehead atoms. The van der Waals surface area contributed by atoms with Crippen LogP contribution in [0.25, 0.3) is 0 Å². The summed E-state index contributed by atoms with van der Waals surface area (Å²) in [7, 11) is 1.79. The van der Waals surface area contributed by atoms with Gasteiger partial charge in [0.1, 0.15) is 0 Å². The van der Waals surface area contributed by atoms with Gasteiger partial charge in [-0.2, -0.15) is 10.2 Å². The average molecular weight is 364 g/mol. The number of benzene rings is 1. The van der Waals surface area contributed by atoms with E-state index in [4.69, 9.17) is 23.2 Å². The van der Waals surface area contributed by atoms with E-state index in [1.807, 2.05) is 13.0 Å². The molecule has 0 saturated heterocycles. The molecule has 0 fully saturated rings. The number of hydrogen-bond acceptors (Lipinski definition) is 3. The van der Waals surface area contributed by atoms with Crippen LogP contribution in [0, 0.1) is 6.92 Å². The Morgan fingerprint density at radius 1 is 1.29 bits per heavy atom. The maximum Gasteiger partial charge on any atom is 0.260 e. The molecule has 124 valence electrons. The first-order valence-corrected chi connectivity index (χ1v) is 7.97. The van der Waals surface area contributed by atoms with E-state index in [-0.39, 0.29) is 5.91 Å². The summed E-state index contributed by atoms with van der Waals surface area (Å²) < 4.78 is 3.34. The second kappa shape index (κ2) is 6.67. The van der Waals surface area contributed by atoms with Crippen LogP contribution in [-0.4, -0.2) is 25.5 Å². The molecule has 1 aromatic carbocycles. The van der Waals surface area contributed by atoms with Crippen LogP contribution in [0.15, 0.2) is 36.7 Å². The van der Waals surface area contributed by atoms with Crippen LogP contribution in [0.1, 0.15) is 21.6 Å². The first-order chi connectivity index (χ1) is 11.4. The minimum absolute atomic E-state index is 0.240. The van der Waals surface area contributed by atoms with E-state index >= 15 is 0 Å². The lowest BCUT2D eigenvalue weighted by molar-refractivity contribution is 0.102. The first-order valence-electron chi connectivity index (χ1n) is 7.21. The number of rotatable bonds is 4. The maximum atomic E-state index is 12.3. The summed E-state index contributed by atoms with van der Waals surface area (Å²) >= 11 is 12.1. The van der Waals surface area contributed by atoms with Gasteiger partial charge in [-0.1, -0.05) is 29.3 Å². The van der Waals surface area contributed by atoms with E-state index in [9.17, 15) is 4.79 Å². The second-order valence-electron chi connectivity index (χ2n) is 5.36. The molecule has 2 aromatic heterocycles. The van der Waals surface area contributed by atoms with Crippen molar-refractivity contribution in [3.8, 4) is 0 Å². The highest BCUT2D eigenvalue weighted by Gasteiger charge is 2.14. The molecule has 6 nitrogen and oxygen atoms in total. The molecule has 3 aromatic rings. The Hall–Kier alpha value is -2.31. The lowest BCUT2D eigenvalue weighted by Gasteiger charge is -2.05. The normalized spacial score (nSPS) is 10.8. The Morgan fingerprint density at radius 2 is 2.08 bits per heavy atom. The summed E-state index contributed by atoms with van der Waals surface area (Å²) in [6, 6.07) is 7.05. The highest BCUT2D eigenvalue weighted by atomic mass is 35.5. The minimum Gasteiger partial charge on any atom is -0.305 e. The summed E-state index contributed by atoms with van der Waals surface area (Å²) in [5.41, 5.74) is 2.21. The SMILES string of the molecule is Cc1c(C(=O)Nc2ccn(Cc3ccc(Cl)cc3Cl)n2)cnn1C. The lowest BCUT2D eigenvalue weighted by atomic mass is 10.2. The topological polar surface area (TPSA) is 64.7 Å². The third kappa shape index (κ3) is 3.44. The van der Waals surface area contributed by atoms with Gasteiger partial charge in [0.05, 0.1) is 18.3 Å². The Balaban J connectivity index is 1.71. The van der Waals surface area contributed by atoms with Crippen molar-refractivity contribution in [3.63, 3.8) is 0 Å². The Labute approximate surface area is 149 Å². The molecule has 1 N–H and O–H groups in total. The fraction of sp³-hybridized carbons (Fsp3) is 0.188. The fourth-order valence-corrected chi connectivity index (χ4v) is 2.71. The van der Waals surface area contributed by atoms with Gasteiger partial charge in [0.2, 0.25) is 0 Å². The molecule has 0 radical (unpaired) electrons. The minimum atomic E-state index is -0.240. The molecule has 0 aliphatic heterocycles. The Bertz CT molecular complexity index is 900. The molecular formula is C16H15Cl2N5O. The fourth-order valence-electron chi connectivity index (χ4n) is 2.25. The number of aromatic nitrogens is 4. The van der Waals surface area contributed by atoms with E-state index < -0.39 is 0 Å². The van der Waals surface area contributed by atoms with Crippen molar-refractivity contribution in [2.45, 2.75) is 13.5 Å². The van der Waals surface area contributed by atoms with Crippen LogP contribution in [0.3, 0.4) is 0 Å². The number of amides is 1. The zero-order valence-electron chi connectivity index (χ0n) is 13.1. The van der Waals surface area contributed by atoms with E-state index in [0.717, 1.165) is 11.3 Å². The number of hydrogen-bond donors (Lipinski definition) is 1. The van der Waals surface area contributed by atoms with Crippen molar-refractivity contribution in [2.75, 3.05) is 5.32 Å². The van der Waals surface area contributed by atoms with Crippen LogP contribution >= 0.6 is 23.2 Å². The summed E-state index contributed by atoms with van der Waals surface area (Å²) in [5, 5.41) is 12.3. The highest BCUT2D eigenvalue weighted by molar-refractivity contribution is 6.35. The molecule has 8 heteroatoms. The van der Waals surface area contributed by atoms with Crippen LogP contribution < -0.4 is 5.32 Å². The summed E-state index contributed by atoms with van der Waals surface area (Å²) in [6.45, 7) is 2.32. The van der Waals surface area contributed by atoms with Crippen molar-refractivity contribution in [1.82, 2.24) is 19.6 Å². The second-order valence-corrected chi connectivity index (χ2v) is 6.20. The monoisotopic (exact) mass is 363 g/mol. The molecule has 1 amide bonds. The van der Waals surface area contributed by atoms with E-state index in [1.54, 1.807) is 40.8 Å². The molecule has 0 atom stereocenters. The number of halogens is 2. The van der Waals surface area contributed by atoms with Gasteiger partial charge in [0.15, 0.2) is 5.82 Å². The highest BCUT2D eigenvalue weighted by Crippen LogP contribution is 2.22. The largest absolute Gasteiger partial charge is 0.305 e. The molecule has 2 heterocycles. The Morgan fingerprint density at radius 3 is 2.75 bits per heavy atom. The summed E-state index contributed by atoms with van der Waals surface area (Å²) in [4.78, 5) is 12.3. The number of carbonyl (C=O) groups excluding carboxylic acids is 1. The molecule has 3 rings (SSSR count). The molecule has 0 saturated carbocycles. The van der Waals surface area contributed by atoms with Gasteiger partial charge in [-0.3, -0.25) is 14.2 Å². The van der Waals surface area contributed by atoms with Gasteiger partial charge in [-0.25, -0.2) is 0 Å². The zero-order valence-corrected chi connectivity index (χ0v) is 14.6. The van der Waals surface area contributed by atoms with Crippen molar-refractivity contribution in [3.05, 3.63) is 63.5 Å². The van der Waals surface area contributed by atoms with Crippen molar-refractivity contribution < 1.29 is 4.79 Å². The van der Waals surface area contributed by atoms with E-state index in [0.29, 0.717) is 28.0 Å². The summed E-state index contributed by atoms with van der Waals surface area (Å²) in [6.07, 6.45) is 3.31. The molecule has 0 aliphatic carbocycles. The lowest BCUT2D eigenvalue weighted by Crippen LogP contribution is -2.14. The first kappa shape index (κ1) is 16.5. The van der Waals surface area contributed by atoms with Crippen molar-refractivity contribution in [2.24, 2.45) is 7.05 Å². The third-order valence-corrected chi connectivity index (χ3v) is 4.30. The van der Waals surface area contributed by atoms with E-state index in [2.05, 4.69) is 15.5 Å². The van der Waals surface area contributed by atoms with Gasteiger partial charge >= 0.3 is 0 Å². The molecule has 24 heavy (non-hydrogen) atoms. The maximum absolute atomic E-state index is 12.3. The standard InChI is InChI=1S/C16H15Cl2N5O/c1-10-13(8-19-22(10)2)16(24)20-15-5-6-23(21-15)9-11-3-4-12(17)7-14(11)18/h3-8H,9H2,1-2H3,(H,20,21,24). The van der Waals surface area contributed by atoms with E-state index in [1.165, 1.54) is 6.20 Å². The molecule has 0 unspecified atom stereocenters. The summed E-state index contributed by atoms with van der Waals surface area (Å²) in [5.74, 6) is 0.226. The number of aryl methyl sites for hydroxylation is 1. The van der Waals surface area contributed by atoms with Gasteiger partial charge in [0, 0.05) is 35.1 Å². The molecular weight excluding hydrogens is 349 g/mol. The van der Waals surface area contributed by atoms with Crippen LogP contribution in [0.4, 0.5) is 5.82 Å². The molecule has 0 aliphatic rings. The van der Waals surface area contributed by atoms with Gasteiger partial charge in [-0.15, -0.1) is 0 Å². The van der Waals surface area contributed by atoms with Gasteiger partial charge in [0.25, 0.3) is 5.91 Å². The third-order valence-electron chi connectivity index (χ3n) is 3.71. The van der Waals surface area contributed by atoms with Crippen LogP contribution in [0.5, 0.6) is 0 Å². The van der Waals surface area contributed by atoms with Gasteiger partial charge in [-0.05, 0) is 24.6 Å².